The van der Waals surface area contributed by atoms with Crippen LogP contribution in [0.15, 0.2) is 68.0 Å². The highest BCUT2D eigenvalue weighted by Gasteiger charge is 2.45. The van der Waals surface area contributed by atoms with Gasteiger partial charge in [0.2, 0.25) is 0 Å². The number of rotatable bonds is 8. The third-order valence-corrected chi connectivity index (χ3v) is 7.42. The molecule has 2 aromatic carbocycles. The van der Waals surface area contributed by atoms with Crippen molar-refractivity contribution in [2.45, 2.75) is 26.1 Å². The molecule has 0 saturated carbocycles. The zero-order chi connectivity index (χ0) is 29.9. The Kier molecular flexibility index (Phi) is 9.40. The minimum atomic E-state index is -5.03. The highest BCUT2D eigenvalue weighted by molar-refractivity contribution is 9.10. The first-order valence-electron chi connectivity index (χ1n) is 12.1. The van der Waals surface area contributed by atoms with E-state index < -0.39 is 47.6 Å². The van der Waals surface area contributed by atoms with Crippen LogP contribution >= 0.6 is 38.9 Å². The largest absolute Gasteiger partial charge is 0.481 e. The molecule has 1 aliphatic rings. The number of fused-ring (bicyclic) bond motifs is 1. The van der Waals surface area contributed by atoms with E-state index >= 15 is 0 Å². The summed E-state index contributed by atoms with van der Waals surface area (Å²) in [4.78, 5) is 42.0. The van der Waals surface area contributed by atoms with Crippen LogP contribution in [0.4, 0.5) is 13.2 Å². The van der Waals surface area contributed by atoms with Crippen LogP contribution in [-0.2, 0) is 19.1 Å². The van der Waals surface area contributed by atoms with Gasteiger partial charge >= 0.3 is 18.1 Å². The molecule has 41 heavy (non-hydrogen) atoms. The van der Waals surface area contributed by atoms with Crippen molar-refractivity contribution in [1.82, 2.24) is 4.57 Å². The maximum absolute atomic E-state index is 14.3. The number of thiazole rings is 1. The minimum absolute atomic E-state index is 0.00781. The molecule has 0 radical (unpaired) electrons. The smallest absolute Gasteiger partial charge is 0.434 e. The zero-order valence-corrected chi connectivity index (χ0v) is 24.6. The third-order valence-electron chi connectivity index (χ3n) is 5.69. The molecular formula is C27H21BrClF3N2O6S. The molecule has 8 nitrogen and oxygen atoms in total. The van der Waals surface area contributed by atoms with Gasteiger partial charge in [-0.1, -0.05) is 51.0 Å². The summed E-state index contributed by atoms with van der Waals surface area (Å²) in [5.74, 6) is -1.63. The molecule has 0 spiro atoms. The average molecular weight is 674 g/mol. The Hall–Kier alpha value is -3.42. The number of hydrogen-bond acceptors (Lipinski definition) is 8. The Morgan fingerprint density at radius 2 is 1.80 bits per heavy atom. The standard InChI is InChI=1S/C27H21BrClF3N2O6S/c1-3-38-20(35)13-40-18-10-7-16(28)11-15(18)12-19-24(36)34-22(14-5-8-17(29)9-6-14)21(25(37)39-4-2)23(27(30,31)32)33-26(34)41-19/h5-12,22H,3-4,13H2,1-2H3/b19-12-/t22-/m1/s1. The van der Waals surface area contributed by atoms with Gasteiger partial charge in [-0.2, -0.15) is 13.2 Å². The number of nitrogens with zero attached hydrogens (tertiary/aromatic N) is 2. The third kappa shape index (κ3) is 6.74. The second-order valence-electron chi connectivity index (χ2n) is 8.39. The molecule has 0 bridgehead atoms. The van der Waals surface area contributed by atoms with Crippen LogP contribution in [0.25, 0.3) is 6.08 Å². The van der Waals surface area contributed by atoms with Gasteiger partial charge in [-0.3, -0.25) is 9.36 Å². The summed E-state index contributed by atoms with van der Waals surface area (Å²) in [6.07, 6.45) is -3.62. The van der Waals surface area contributed by atoms with Crippen molar-refractivity contribution in [2.75, 3.05) is 19.8 Å². The second-order valence-corrected chi connectivity index (χ2v) is 10.8. The highest BCUT2D eigenvalue weighted by Crippen LogP contribution is 2.38. The molecule has 1 atom stereocenters. The van der Waals surface area contributed by atoms with Gasteiger partial charge < -0.3 is 14.2 Å². The number of ether oxygens (including phenoxy) is 3. The van der Waals surface area contributed by atoms with E-state index in [1.54, 1.807) is 25.1 Å². The Morgan fingerprint density at radius 3 is 2.44 bits per heavy atom. The average Bonchev–Trinajstić information content (AvgIpc) is 3.22. The number of benzene rings is 2. The topological polar surface area (TPSA) is 96.2 Å². The van der Waals surface area contributed by atoms with E-state index in [9.17, 15) is 27.6 Å². The van der Waals surface area contributed by atoms with Crippen molar-refractivity contribution in [3.05, 3.63) is 94.0 Å². The van der Waals surface area contributed by atoms with E-state index in [1.165, 1.54) is 37.3 Å². The molecule has 14 heteroatoms. The van der Waals surface area contributed by atoms with Crippen molar-refractivity contribution < 1.29 is 37.0 Å². The minimum Gasteiger partial charge on any atom is -0.481 e. The summed E-state index contributed by atoms with van der Waals surface area (Å²) in [7, 11) is 0. The lowest BCUT2D eigenvalue weighted by Crippen LogP contribution is -2.41. The quantitative estimate of drug-likeness (QED) is 0.322. The molecule has 0 unspecified atom stereocenters. The van der Waals surface area contributed by atoms with Gasteiger partial charge in [0.25, 0.3) is 5.56 Å². The fourth-order valence-electron chi connectivity index (χ4n) is 4.04. The Bertz CT molecular complexity index is 1700. The summed E-state index contributed by atoms with van der Waals surface area (Å²) >= 11 is 10.0. The molecule has 0 aliphatic carbocycles. The molecule has 0 amide bonds. The molecule has 0 fully saturated rings. The lowest BCUT2D eigenvalue weighted by Gasteiger charge is -2.26. The van der Waals surface area contributed by atoms with Crippen LogP contribution in [0.1, 0.15) is 31.0 Å². The van der Waals surface area contributed by atoms with Crippen LogP contribution in [0.5, 0.6) is 5.75 Å². The molecule has 1 aromatic heterocycles. The monoisotopic (exact) mass is 672 g/mol. The van der Waals surface area contributed by atoms with E-state index in [1.807, 2.05) is 0 Å². The molecule has 216 valence electrons. The summed E-state index contributed by atoms with van der Waals surface area (Å²) < 4.78 is 59.9. The van der Waals surface area contributed by atoms with Crippen LogP contribution in [0.2, 0.25) is 5.02 Å². The van der Waals surface area contributed by atoms with Crippen molar-refractivity contribution in [3.63, 3.8) is 0 Å². The number of halogens is 5. The van der Waals surface area contributed by atoms with E-state index in [-0.39, 0.29) is 33.9 Å². The number of carbonyl (C=O) groups excluding carboxylic acids is 2. The van der Waals surface area contributed by atoms with Gasteiger partial charge in [0, 0.05) is 15.1 Å². The number of alkyl halides is 3. The van der Waals surface area contributed by atoms with E-state index in [4.69, 9.17) is 25.8 Å². The molecule has 2 heterocycles. The van der Waals surface area contributed by atoms with Gasteiger partial charge in [-0.15, -0.1) is 0 Å². The second kappa shape index (κ2) is 12.6. The van der Waals surface area contributed by atoms with Crippen LogP contribution in [-0.4, -0.2) is 42.5 Å². The summed E-state index contributed by atoms with van der Waals surface area (Å²) in [5.41, 5.74) is -2.42. The molecular weight excluding hydrogens is 653 g/mol. The number of allylic oxidation sites excluding steroid dienone is 1. The van der Waals surface area contributed by atoms with Gasteiger partial charge in [0.15, 0.2) is 17.1 Å². The Balaban J connectivity index is 1.95. The van der Waals surface area contributed by atoms with Crippen LogP contribution < -0.4 is 19.6 Å². The van der Waals surface area contributed by atoms with Crippen molar-refractivity contribution in [1.29, 1.82) is 0 Å². The van der Waals surface area contributed by atoms with Crippen molar-refractivity contribution in [2.24, 2.45) is 4.99 Å². The van der Waals surface area contributed by atoms with Crippen molar-refractivity contribution in [3.8, 4) is 5.75 Å². The van der Waals surface area contributed by atoms with Crippen molar-refractivity contribution >= 4 is 56.9 Å². The van der Waals surface area contributed by atoms with Gasteiger partial charge in [0.1, 0.15) is 5.75 Å². The lowest BCUT2D eigenvalue weighted by atomic mass is 9.95. The van der Waals surface area contributed by atoms with Gasteiger partial charge in [-0.25, -0.2) is 14.6 Å². The van der Waals surface area contributed by atoms with E-state index in [2.05, 4.69) is 20.9 Å². The lowest BCUT2D eigenvalue weighted by molar-refractivity contribution is -0.145. The van der Waals surface area contributed by atoms with E-state index in [0.717, 1.165) is 4.57 Å². The number of aromatic nitrogens is 1. The normalized spacial score (nSPS) is 15.3. The zero-order valence-electron chi connectivity index (χ0n) is 21.5. The first-order chi connectivity index (χ1) is 19.4. The van der Waals surface area contributed by atoms with Gasteiger partial charge in [-0.05, 0) is 55.8 Å². The highest BCUT2D eigenvalue weighted by atomic mass is 79.9. The summed E-state index contributed by atoms with van der Waals surface area (Å²) in [5, 5.41) is 0.309. The first kappa shape index (κ1) is 30.5. The predicted molar refractivity (Wildman–Crippen MR) is 149 cm³/mol. The maximum atomic E-state index is 14.3. The van der Waals surface area contributed by atoms with E-state index in [0.29, 0.717) is 26.4 Å². The summed E-state index contributed by atoms with van der Waals surface area (Å²) in [6, 6.07) is 9.07. The molecule has 1 aliphatic heterocycles. The first-order valence-corrected chi connectivity index (χ1v) is 14.1. The molecule has 4 rings (SSSR count). The molecule has 0 saturated heterocycles. The van der Waals surface area contributed by atoms with Gasteiger partial charge in [0.05, 0.1) is 29.4 Å². The van der Waals surface area contributed by atoms with Crippen LogP contribution in [0.3, 0.4) is 0 Å². The number of hydrogen-bond donors (Lipinski definition) is 0. The Labute approximate surface area is 248 Å². The molecule has 0 N–H and O–H groups in total. The van der Waals surface area contributed by atoms with Crippen LogP contribution in [0, 0.1) is 0 Å². The number of esters is 2. The number of carbonyl (C=O) groups is 2. The Morgan fingerprint density at radius 1 is 1.12 bits per heavy atom. The SMILES string of the molecule is CCOC(=O)COc1ccc(Br)cc1/C=c1\sc2n(c1=O)[C@H](c1ccc(Cl)cc1)C(C(=O)OCC)=C(C(F)(F)F)N=2. The summed E-state index contributed by atoms with van der Waals surface area (Å²) in [6.45, 7) is 2.68. The fraction of sp³-hybridized carbons (Fsp3) is 0.259. The fourth-order valence-corrected chi connectivity index (χ4v) is 5.54. The molecule has 3 aromatic rings. The maximum Gasteiger partial charge on any atom is 0.434 e. The predicted octanol–water partition coefficient (Wildman–Crippen LogP) is 4.70.